The Morgan fingerprint density at radius 2 is 1.89 bits per heavy atom. The summed E-state index contributed by atoms with van der Waals surface area (Å²) < 4.78 is 37.2. The van der Waals surface area contributed by atoms with Crippen LogP contribution in [-0.4, -0.2) is 60.3 Å². The van der Waals surface area contributed by atoms with Crippen LogP contribution in [0.25, 0.3) is 22.3 Å². The van der Waals surface area contributed by atoms with Crippen LogP contribution in [0.4, 0.5) is 0 Å². The van der Waals surface area contributed by atoms with Gasteiger partial charge in [0.2, 0.25) is 0 Å². The standard InChI is InChI=1S/C24H37N5O4SSi/c1-34(30,31)33-12-10-19-5-7-21(8-6-19)29-16-20(15-27-29)23-22-9-11-28(24(22)26-17-25-23)18-32-13-14-35(2,3)4/h9,11,15-17,19,21H,5-8,10,12-14,18H2,1-4H3/t19-,21+. The van der Waals surface area contributed by atoms with E-state index in [1.54, 1.807) is 6.33 Å². The first-order valence-corrected chi connectivity index (χ1v) is 17.9. The molecule has 192 valence electrons. The fourth-order valence-corrected chi connectivity index (χ4v) is 5.76. The highest BCUT2D eigenvalue weighted by molar-refractivity contribution is 7.85. The summed E-state index contributed by atoms with van der Waals surface area (Å²) in [6.07, 6.45) is 13.6. The molecule has 0 radical (unpaired) electrons. The molecule has 0 bridgehead atoms. The molecule has 1 fully saturated rings. The lowest BCUT2D eigenvalue weighted by Gasteiger charge is -2.28. The summed E-state index contributed by atoms with van der Waals surface area (Å²) in [6, 6.07) is 3.54. The van der Waals surface area contributed by atoms with Crippen LogP contribution in [0.3, 0.4) is 0 Å². The maximum atomic E-state index is 11.2. The van der Waals surface area contributed by atoms with Crippen LogP contribution in [0.1, 0.15) is 38.1 Å². The molecule has 0 aromatic carbocycles. The molecule has 0 saturated heterocycles. The second-order valence-electron chi connectivity index (χ2n) is 10.8. The minimum atomic E-state index is -3.36. The van der Waals surface area contributed by atoms with Gasteiger partial charge in [-0.3, -0.25) is 8.86 Å². The van der Waals surface area contributed by atoms with Gasteiger partial charge in [-0.25, -0.2) is 9.97 Å². The first-order valence-electron chi connectivity index (χ1n) is 12.4. The van der Waals surface area contributed by atoms with Crippen LogP contribution in [0.15, 0.2) is 31.0 Å². The molecule has 3 aromatic rings. The molecule has 1 aliphatic carbocycles. The van der Waals surface area contributed by atoms with Crippen molar-refractivity contribution in [2.75, 3.05) is 19.5 Å². The molecule has 4 rings (SSSR count). The third-order valence-corrected chi connectivity index (χ3v) is 8.97. The van der Waals surface area contributed by atoms with E-state index in [2.05, 4.69) is 45.6 Å². The minimum absolute atomic E-state index is 0.271. The lowest BCUT2D eigenvalue weighted by atomic mass is 9.84. The molecule has 0 unspecified atom stereocenters. The molecule has 1 aliphatic rings. The van der Waals surface area contributed by atoms with Gasteiger partial charge in [-0.1, -0.05) is 19.6 Å². The number of hydrogen-bond donors (Lipinski definition) is 0. The smallest absolute Gasteiger partial charge is 0.264 e. The van der Waals surface area contributed by atoms with E-state index in [-0.39, 0.29) is 6.61 Å². The van der Waals surface area contributed by atoms with Crippen molar-refractivity contribution in [1.29, 1.82) is 0 Å². The number of ether oxygens (including phenoxy) is 1. The number of rotatable bonds is 11. The number of hydrogen-bond acceptors (Lipinski definition) is 7. The second-order valence-corrected chi connectivity index (χ2v) is 18.1. The first kappa shape index (κ1) is 26.0. The summed E-state index contributed by atoms with van der Waals surface area (Å²) in [5.41, 5.74) is 2.74. The van der Waals surface area contributed by atoms with Gasteiger partial charge in [0.25, 0.3) is 10.1 Å². The Labute approximate surface area is 209 Å². The summed E-state index contributed by atoms with van der Waals surface area (Å²) in [6.45, 7) is 8.58. The zero-order valence-corrected chi connectivity index (χ0v) is 23.0. The quantitative estimate of drug-likeness (QED) is 0.205. The summed E-state index contributed by atoms with van der Waals surface area (Å²) in [7, 11) is -4.47. The molecule has 0 atom stereocenters. The highest BCUT2D eigenvalue weighted by atomic mass is 32.2. The SMILES string of the molecule is C[Si](C)(C)CCOCn1ccc2c(-c3cnn([C@H]4CC[C@@H](CCOS(C)(=O)=O)CC4)c3)ncnc21. The molecule has 35 heavy (non-hydrogen) atoms. The van der Waals surface area contributed by atoms with Crippen molar-refractivity contribution in [3.05, 3.63) is 31.0 Å². The van der Waals surface area contributed by atoms with Crippen molar-refractivity contribution in [3.8, 4) is 11.3 Å². The molecule has 0 spiro atoms. The molecule has 0 amide bonds. The zero-order valence-electron chi connectivity index (χ0n) is 21.2. The van der Waals surface area contributed by atoms with Gasteiger partial charge in [0.1, 0.15) is 18.7 Å². The van der Waals surface area contributed by atoms with Gasteiger partial charge in [-0.15, -0.1) is 0 Å². The summed E-state index contributed by atoms with van der Waals surface area (Å²) in [5.74, 6) is 0.497. The molecule has 3 heterocycles. The van der Waals surface area contributed by atoms with Crippen LogP contribution in [0, 0.1) is 5.92 Å². The normalized spacial score (nSPS) is 19.4. The first-order chi connectivity index (χ1) is 16.6. The maximum absolute atomic E-state index is 11.2. The molecule has 11 heteroatoms. The minimum Gasteiger partial charge on any atom is -0.361 e. The van der Waals surface area contributed by atoms with E-state index in [0.29, 0.717) is 18.7 Å². The van der Waals surface area contributed by atoms with Crippen molar-refractivity contribution < 1.29 is 17.3 Å². The highest BCUT2D eigenvalue weighted by Crippen LogP contribution is 2.35. The summed E-state index contributed by atoms with van der Waals surface area (Å²) in [5, 5.41) is 5.65. The van der Waals surface area contributed by atoms with E-state index < -0.39 is 18.2 Å². The van der Waals surface area contributed by atoms with Crippen molar-refractivity contribution in [3.63, 3.8) is 0 Å². The van der Waals surface area contributed by atoms with E-state index in [4.69, 9.17) is 8.92 Å². The van der Waals surface area contributed by atoms with E-state index >= 15 is 0 Å². The topological polar surface area (TPSA) is 101 Å². The van der Waals surface area contributed by atoms with Gasteiger partial charge >= 0.3 is 0 Å². The summed E-state index contributed by atoms with van der Waals surface area (Å²) >= 11 is 0. The third kappa shape index (κ3) is 7.22. The van der Waals surface area contributed by atoms with Crippen LogP contribution >= 0.6 is 0 Å². The molecular weight excluding hydrogens is 482 g/mol. The molecule has 0 N–H and O–H groups in total. The highest BCUT2D eigenvalue weighted by Gasteiger charge is 2.24. The van der Waals surface area contributed by atoms with Crippen molar-refractivity contribution in [2.45, 2.75) is 70.6 Å². The Kier molecular flexibility index (Phi) is 8.09. The lowest BCUT2D eigenvalue weighted by Crippen LogP contribution is -2.22. The Balaban J connectivity index is 1.37. The average Bonchev–Trinajstić information content (AvgIpc) is 3.43. The fraction of sp³-hybridized carbons (Fsp3) is 0.625. The van der Waals surface area contributed by atoms with Crippen LogP contribution < -0.4 is 0 Å². The molecule has 1 saturated carbocycles. The van der Waals surface area contributed by atoms with Crippen molar-refractivity contribution in [1.82, 2.24) is 24.3 Å². The van der Waals surface area contributed by atoms with Gasteiger partial charge < -0.3 is 9.30 Å². The van der Waals surface area contributed by atoms with E-state index in [1.807, 2.05) is 23.0 Å². The number of nitrogens with zero attached hydrogens (tertiary/aromatic N) is 5. The molecule has 9 nitrogen and oxygen atoms in total. The second kappa shape index (κ2) is 10.9. The van der Waals surface area contributed by atoms with E-state index in [9.17, 15) is 8.42 Å². The van der Waals surface area contributed by atoms with Crippen LogP contribution in [0.5, 0.6) is 0 Å². The molecule has 3 aromatic heterocycles. The number of aromatic nitrogens is 5. The summed E-state index contributed by atoms with van der Waals surface area (Å²) in [4.78, 5) is 9.07. The van der Waals surface area contributed by atoms with E-state index in [1.165, 1.54) is 0 Å². The van der Waals surface area contributed by atoms with Gasteiger partial charge in [0, 0.05) is 38.0 Å². The van der Waals surface area contributed by atoms with Gasteiger partial charge in [0.05, 0.1) is 30.8 Å². The number of fused-ring (bicyclic) bond motifs is 1. The van der Waals surface area contributed by atoms with Crippen LogP contribution in [0.2, 0.25) is 25.7 Å². The Morgan fingerprint density at radius 1 is 1.11 bits per heavy atom. The van der Waals surface area contributed by atoms with Crippen molar-refractivity contribution in [2.24, 2.45) is 5.92 Å². The zero-order chi connectivity index (χ0) is 25.1. The van der Waals surface area contributed by atoms with Crippen LogP contribution in [-0.2, 0) is 25.8 Å². The molecule has 0 aliphatic heterocycles. The fourth-order valence-electron chi connectivity index (χ4n) is 4.60. The average molecular weight is 520 g/mol. The van der Waals surface area contributed by atoms with E-state index in [0.717, 1.165) is 73.3 Å². The monoisotopic (exact) mass is 519 g/mol. The Bertz CT molecular complexity index is 1230. The largest absolute Gasteiger partial charge is 0.361 e. The Hall–Kier alpha value is -2.08. The Morgan fingerprint density at radius 3 is 2.60 bits per heavy atom. The molecular formula is C24H37N5O4SSi. The van der Waals surface area contributed by atoms with Gasteiger partial charge in [0.15, 0.2) is 0 Å². The predicted molar refractivity (Wildman–Crippen MR) is 139 cm³/mol. The van der Waals surface area contributed by atoms with Gasteiger partial charge in [-0.05, 0) is 50.1 Å². The predicted octanol–water partition coefficient (Wildman–Crippen LogP) is 4.70. The maximum Gasteiger partial charge on any atom is 0.264 e. The van der Waals surface area contributed by atoms with Gasteiger partial charge in [-0.2, -0.15) is 13.5 Å². The lowest BCUT2D eigenvalue weighted by molar-refractivity contribution is 0.0899. The van der Waals surface area contributed by atoms with Crippen molar-refractivity contribution >= 4 is 29.2 Å². The third-order valence-electron chi connectivity index (χ3n) is 6.67.